The molecule has 0 unspecified atom stereocenters. The van der Waals surface area contributed by atoms with Crippen molar-refractivity contribution >= 4 is 29.1 Å². The number of aromatic nitrogens is 1. The number of hydrogen-bond donors (Lipinski definition) is 3. The maximum absolute atomic E-state index is 12.1. The van der Waals surface area contributed by atoms with Gasteiger partial charge in [-0.3, -0.25) is 4.79 Å². The van der Waals surface area contributed by atoms with Crippen LogP contribution in [0.15, 0.2) is 6.07 Å². The Kier molecular flexibility index (Phi) is 5.08. The van der Waals surface area contributed by atoms with Crippen LogP contribution >= 0.6 is 23.2 Å². The van der Waals surface area contributed by atoms with Crippen molar-refractivity contribution in [1.82, 2.24) is 10.3 Å². The van der Waals surface area contributed by atoms with Crippen LogP contribution in [0.4, 0.5) is 0 Å². The average molecular weight is 292 g/mol. The summed E-state index contributed by atoms with van der Waals surface area (Å²) in [6.45, 7) is 6.47. The van der Waals surface area contributed by atoms with Crippen LogP contribution in [-0.2, 0) is 0 Å². The number of nitrogens with two attached hydrogens (primary N) is 1. The van der Waals surface area contributed by atoms with E-state index in [0.29, 0.717) is 23.2 Å². The van der Waals surface area contributed by atoms with E-state index in [1.165, 1.54) is 6.07 Å². The Morgan fingerprint density at radius 3 is 2.56 bits per heavy atom. The van der Waals surface area contributed by atoms with Gasteiger partial charge in [-0.25, -0.2) is 0 Å². The fraction of sp³-hybridized carbons (Fsp3) is 0.583. The molecule has 0 saturated heterocycles. The van der Waals surface area contributed by atoms with Crippen LogP contribution in [-0.4, -0.2) is 23.0 Å². The predicted molar refractivity (Wildman–Crippen MR) is 75.2 cm³/mol. The summed E-state index contributed by atoms with van der Waals surface area (Å²) in [6, 6.07) is 1.51. The second-order valence-corrected chi connectivity index (χ2v) is 5.95. The summed E-state index contributed by atoms with van der Waals surface area (Å²) in [5.41, 5.74) is 5.65. The minimum Gasteiger partial charge on any atom is -0.344 e. The first-order valence-corrected chi connectivity index (χ1v) is 6.59. The fourth-order valence-corrected chi connectivity index (χ4v) is 2.27. The van der Waals surface area contributed by atoms with E-state index >= 15 is 0 Å². The van der Waals surface area contributed by atoms with Crippen LogP contribution in [0, 0.1) is 5.92 Å². The van der Waals surface area contributed by atoms with Crippen LogP contribution in [0.25, 0.3) is 0 Å². The molecule has 0 aliphatic rings. The largest absolute Gasteiger partial charge is 0.344 e. The molecule has 1 amide bonds. The van der Waals surface area contributed by atoms with Gasteiger partial charge in [0, 0.05) is 6.54 Å². The van der Waals surface area contributed by atoms with Crippen molar-refractivity contribution in [2.45, 2.75) is 32.7 Å². The van der Waals surface area contributed by atoms with Crippen molar-refractivity contribution in [2.24, 2.45) is 11.7 Å². The maximum Gasteiger partial charge on any atom is 0.268 e. The molecule has 18 heavy (non-hydrogen) atoms. The van der Waals surface area contributed by atoms with Crippen LogP contribution in [0.2, 0.25) is 10.2 Å². The Hall–Kier alpha value is -0.710. The van der Waals surface area contributed by atoms with E-state index < -0.39 is 5.54 Å². The highest BCUT2D eigenvalue weighted by atomic mass is 35.5. The number of rotatable bonds is 5. The standard InChI is InChI=1S/C12H19Cl2N3O/c1-7(2)5-12(3,6-15)17-11(18)9-4-8(13)10(14)16-9/h4,7,16H,5-6,15H2,1-3H3,(H,17,18)/t12-/m1/s1. The third-order valence-corrected chi connectivity index (χ3v) is 3.39. The van der Waals surface area contributed by atoms with E-state index in [1.807, 2.05) is 6.92 Å². The lowest BCUT2D eigenvalue weighted by molar-refractivity contribution is 0.0893. The maximum atomic E-state index is 12.1. The number of aromatic amines is 1. The second-order valence-electron chi connectivity index (χ2n) is 5.16. The first-order valence-electron chi connectivity index (χ1n) is 5.84. The highest BCUT2D eigenvalue weighted by Gasteiger charge is 2.27. The molecule has 4 nitrogen and oxygen atoms in total. The van der Waals surface area contributed by atoms with Crippen LogP contribution in [0.3, 0.4) is 0 Å². The molecule has 6 heteroatoms. The topological polar surface area (TPSA) is 70.9 Å². The molecule has 1 aromatic heterocycles. The van der Waals surface area contributed by atoms with Gasteiger partial charge in [-0.1, -0.05) is 37.0 Å². The zero-order valence-electron chi connectivity index (χ0n) is 10.8. The number of halogens is 2. The van der Waals surface area contributed by atoms with Gasteiger partial charge in [0.1, 0.15) is 10.8 Å². The monoisotopic (exact) mass is 291 g/mol. The van der Waals surface area contributed by atoms with Gasteiger partial charge in [0.05, 0.1) is 10.6 Å². The molecule has 1 heterocycles. The van der Waals surface area contributed by atoms with E-state index in [2.05, 4.69) is 24.1 Å². The SMILES string of the molecule is CC(C)C[C@](C)(CN)NC(=O)c1cc(Cl)c(Cl)[nH]1. The summed E-state index contributed by atoms with van der Waals surface area (Å²) < 4.78 is 0. The van der Waals surface area contributed by atoms with E-state index in [-0.39, 0.29) is 11.1 Å². The number of H-pyrrole nitrogens is 1. The lowest BCUT2D eigenvalue weighted by Gasteiger charge is -2.31. The van der Waals surface area contributed by atoms with Crippen LogP contribution < -0.4 is 11.1 Å². The molecule has 0 aliphatic carbocycles. The van der Waals surface area contributed by atoms with E-state index in [9.17, 15) is 4.79 Å². The van der Waals surface area contributed by atoms with Gasteiger partial charge in [0.15, 0.2) is 0 Å². The number of carbonyl (C=O) groups excluding carboxylic acids is 1. The number of carbonyl (C=O) groups is 1. The molecule has 0 radical (unpaired) electrons. The number of hydrogen-bond acceptors (Lipinski definition) is 2. The Morgan fingerprint density at radius 2 is 2.17 bits per heavy atom. The predicted octanol–water partition coefficient (Wildman–Crippen LogP) is 2.81. The number of nitrogens with one attached hydrogen (secondary N) is 2. The van der Waals surface area contributed by atoms with Gasteiger partial charge in [-0.2, -0.15) is 0 Å². The van der Waals surface area contributed by atoms with Gasteiger partial charge < -0.3 is 16.0 Å². The van der Waals surface area contributed by atoms with Gasteiger partial charge in [-0.15, -0.1) is 0 Å². The molecule has 4 N–H and O–H groups in total. The Labute approximate surface area is 117 Å². The average Bonchev–Trinajstić information content (AvgIpc) is 2.58. The highest BCUT2D eigenvalue weighted by molar-refractivity contribution is 6.41. The summed E-state index contributed by atoms with van der Waals surface area (Å²) >= 11 is 11.6. The van der Waals surface area contributed by atoms with Crippen LogP contribution in [0.1, 0.15) is 37.7 Å². The minimum atomic E-state index is -0.435. The molecule has 0 bridgehead atoms. The summed E-state index contributed by atoms with van der Waals surface area (Å²) in [7, 11) is 0. The quantitative estimate of drug-likeness (QED) is 0.781. The molecule has 1 atom stereocenters. The van der Waals surface area contributed by atoms with Crippen molar-refractivity contribution in [2.75, 3.05) is 6.54 Å². The first-order chi connectivity index (χ1) is 8.27. The van der Waals surface area contributed by atoms with Gasteiger partial charge >= 0.3 is 0 Å². The lowest BCUT2D eigenvalue weighted by atomic mass is 9.90. The summed E-state index contributed by atoms with van der Waals surface area (Å²) in [6.07, 6.45) is 0.803. The second kappa shape index (κ2) is 5.95. The zero-order valence-corrected chi connectivity index (χ0v) is 12.3. The van der Waals surface area contributed by atoms with Crippen molar-refractivity contribution in [3.8, 4) is 0 Å². The van der Waals surface area contributed by atoms with Crippen molar-refractivity contribution < 1.29 is 4.79 Å². The smallest absolute Gasteiger partial charge is 0.268 e. The lowest BCUT2D eigenvalue weighted by Crippen LogP contribution is -2.52. The Balaban J connectivity index is 2.79. The summed E-state index contributed by atoms with van der Waals surface area (Å²) in [5.74, 6) is 0.187. The van der Waals surface area contributed by atoms with Gasteiger partial charge in [0.2, 0.25) is 0 Å². The molecule has 0 aliphatic heterocycles. The molecular weight excluding hydrogens is 273 g/mol. The highest BCUT2D eigenvalue weighted by Crippen LogP contribution is 2.22. The molecule has 1 rings (SSSR count). The van der Waals surface area contributed by atoms with Crippen LogP contribution in [0.5, 0.6) is 0 Å². The first kappa shape index (κ1) is 15.3. The number of amides is 1. The molecule has 0 saturated carbocycles. The third-order valence-electron chi connectivity index (χ3n) is 2.69. The normalized spacial score (nSPS) is 14.6. The molecule has 0 aromatic carbocycles. The Bertz CT molecular complexity index is 411. The van der Waals surface area contributed by atoms with E-state index in [1.54, 1.807) is 0 Å². The molecule has 102 valence electrons. The van der Waals surface area contributed by atoms with Crippen molar-refractivity contribution in [1.29, 1.82) is 0 Å². The van der Waals surface area contributed by atoms with E-state index in [0.717, 1.165) is 6.42 Å². The van der Waals surface area contributed by atoms with Gasteiger partial charge in [-0.05, 0) is 25.3 Å². The van der Waals surface area contributed by atoms with Crippen molar-refractivity contribution in [3.05, 3.63) is 21.9 Å². The molecule has 0 spiro atoms. The minimum absolute atomic E-state index is 0.252. The molecule has 0 fully saturated rings. The van der Waals surface area contributed by atoms with E-state index in [4.69, 9.17) is 28.9 Å². The Morgan fingerprint density at radius 1 is 1.56 bits per heavy atom. The molecular formula is C12H19Cl2N3O. The zero-order chi connectivity index (χ0) is 13.9. The van der Waals surface area contributed by atoms with Crippen molar-refractivity contribution in [3.63, 3.8) is 0 Å². The van der Waals surface area contributed by atoms with Gasteiger partial charge in [0.25, 0.3) is 5.91 Å². The molecule has 1 aromatic rings. The summed E-state index contributed by atoms with van der Waals surface area (Å²) in [5, 5.41) is 3.52. The third kappa shape index (κ3) is 3.90. The summed E-state index contributed by atoms with van der Waals surface area (Å²) in [4.78, 5) is 14.8. The fourth-order valence-electron chi connectivity index (χ4n) is 1.95.